The Morgan fingerprint density at radius 1 is 1.71 bits per heavy atom. The summed E-state index contributed by atoms with van der Waals surface area (Å²) in [5.74, 6) is 0.0574. The Balaban J connectivity index is 2.12. The lowest BCUT2D eigenvalue weighted by Gasteiger charge is -2.20. The lowest BCUT2D eigenvalue weighted by Crippen LogP contribution is -2.35. The highest BCUT2D eigenvalue weighted by Gasteiger charge is 2.40. The van der Waals surface area contributed by atoms with Gasteiger partial charge in [-0.3, -0.25) is 9.48 Å². The molecular formula is C12H19N3O2. The van der Waals surface area contributed by atoms with E-state index in [9.17, 15) is 9.90 Å². The van der Waals surface area contributed by atoms with Crippen LogP contribution in [-0.2, 0) is 6.54 Å². The van der Waals surface area contributed by atoms with Gasteiger partial charge in [0, 0.05) is 31.7 Å². The van der Waals surface area contributed by atoms with Crippen molar-refractivity contribution in [2.45, 2.75) is 32.9 Å². The van der Waals surface area contributed by atoms with Crippen molar-refractivity contribution in [1.82, 2.24) is 14.7 Å². The number of β-amino-alcohol motifs (C(OH)–C–C–N with tert-alkyl or cyclic N) is 1. The number of rotatable bonds is 2. The average molecular weight is 237 g/mol. The second kappa shape index (κ2) is 4.14. The minimum Gasteiger partial charge on any atom is -0.388 e. The molecule has 0 radical (unpaired) electrons. The summed E-state index contributed by atoms with van der Waals surface area (Å²) in [4.78, 5) is 13.9. The predicted octanol–water partition coefficient (Wildman–Crippen LogP) is 0.746. The van der Waals surface area contributed by atoms with E-state index in [-0.39, 0.29) is 11.8 Å². The van der Waals surface area contributed by atoms with Gasteiger partial charge in [0.25, 0.3) is 5.91 Å². The lowest BCUT2D eigenvalue weighted by molar-refractivity contribution is 0.0351. The zero-order chi connectivity index (χ0) is 12.6. The SMILES string of the molecule is CCn1cc(C(=O)N2C[C@@H](C)[C@@](C)(O)C2)cn1. The van der Waals surface area contributed by atoms with Gasteiger partial charge in [-0.1, -0.05) is 6.92 Å². The van der Waals surface area contributed by atoms with Gasteiger partial charge in [0.05, 0.1) is 17.4 Å². The first kappa shape index (κ1) is 12.1. The second-order valence-corrected chi connectivity index (χ2v) is 5.03. The number of aliphatic hydroxyl groups is 1. The van der Waals surface area contributed by atoms with Gasteiger partial charge in [-0.25, -0.2) is 0 Å². The second-order valence-electron chi connectivity index (χ2n) is 5.03. The van der Waals surface area contributed by atoms with Crippen molar-refractivity contribution in [3.8, 4) is 0 Å². The fourth-order valence-electron chi connectivity index (χ4n) is 2.12. The van der Waals surface area contributed by atoms with Gasteiger partial charge in [-0.2, -0.15) is 5.10 Å². The third-order valence-corrected chi connectivity index (χ3v) is 3.56. The van der Waals surface area contributed by atoms with E-state index < -0.39 is 5.60 Å². The number of nitrogens with zero attached hydrogens (tertiary/aromatic N) is 3. The molecule has 1 aliphatic heterocycles. The molecule has 0 aliphatic carbocycles. The fourth-order valence-corrected chi connectivity index (χ4v) is 2.12. The maximum Gasteiger partial charge on any atom is 0.257 e. The molecule has 94 valence electrons. The predicted molar refractivity (Wildman–Crippen MR) is 63.6 cm³/mol. The molecule has 2 heterocycles. The van der Waals surface area contributed by atoms with E-state index in [2.05, 4.69) is 5.10 Å². The Morgan fingerprint density at radius 3 is 2.88 bits per heavy atom. The molecule has 1 saturated heterocycles. The zero-order valence-corrected chi connectivity index (χ0v) is 10.6. The molecule has 1 N–H and O–H groups in total. The summed E-state index contributed by atoms with van der Waals surface area (Å²) in [5.41, 5.74) is -0.187. The molecule has 1 fully saturated rings. The quantitative estimate of drug-likeness (QED) is 0.825. The summed E-state index contributed by atoms with van der Waals surface area (Å²) >= 11 is 0. The standard InChI is InChI=1S/C12H19N3O2/c1-4-15-7-10(5-13-15)11(16)14-6-9(2)12(3,17)8-14/h5,7,9,17H,4,6,8H2,1-3H3/t9-,12+/m1/s1. The van der Waals surface area contributed by atoms with E-state index in [1.165, 1.54) is 0 Å². The zero-order valence-electron chi connectivity index (χ0n) is 10.6. The lowest BCUT2D eigenvalue weighted by atomic mass is 9.95. The van der Waals surface area contributed by atoms with E-state index >= 15 is 0 Å². The number of aromatic nitrogens is 2. The van der Waals surface area contributed by atoms with Crippen molar-refractivity contribution in [2.75, 3.05) is 13.1 Å². The van der Waals surface area contributed by atoms with Crippen LogP contribution in [0.1, 0.15) is 31.1 Å². The van der Waals surface area contributed by atoms with Crippen molar-refractivity contribution in [2.24, 2.45) is 5.92 Å². The summed E-state index contributed by atoms with van der Waals surface area (Å²) in [6, 6.07) is 0. The molecule has 0 spiro atoms. The smallest absolute Gasteiger partial charge is 0.257 e. The normalized spacial score (nSPS) is 28.7. The molecule has 5 nitrogen and oxygen atoms in total. The molecule has 1 amide bonds. The molecule has 2 atom stereocenters. The highest BCUT2D eigenvalue weighted by Crippen LogP contribution is 2.27. The number of amides is 1. The Bertz CT molecular complexity index is 425. The Labute approximate surface area is 101 Å². The van der Waals surface area contributed by atoms with Crippen LogP contribution in [0.5, 0.6) is 0 Å². The van der Waals surface area contributed by atoms with Crippen LogP contribution in [0, 0.1) is 5.92 Å². The summed E-state index contributed by atoms with van der Waals surface area (Å²) in [5, 5.41) is 14.2. The van der Waals surface area contributed by atoms with Crippen LogP contribution in [0.15, 0.2) is 12.4 Å². The van der Waals surface area contributed by atoms with Crippen LogP contribution in [-0.4, -0.2) is 44.4 Å². The summed E-state index contributed by atoms with van der Waals surface area (Å²) in [7, 11) is 0. The van der Waals surface area contributed by atoms with Crippen LogP contribution in [0.3, 0.4) is 0 Å². The topological polar surface area (TPSA) is 58.4 Å². The van der Waals surface area contributed by atoms with E-state index in [1.54, 1.807) is 28.9 Å². The first-order valence-electron chi connectivity index (χ1n) is 5.98. The molecule has 1 aromatic heterocycles. The maximum absolute atomic E-state index is 12.2. The number of hydrogen-bond acceptors (Lipinski definition) is 3. The molecule has 0 bridgehead atoms. The Hall–Kier alpha value is -1.36. The van der Waals surface area contributed by atoms with E-state index in [0.29, 0.717) is 18.7 Å². The van der Waals surface area contributed by atoms with Crippen LogP contribution in [0.4, 0.5) is 0 Å². The third-order valence-electron chi connectivity index (χ3n) is 3.56. The molecule has 1 aliphatic rings. The fraction of sp³-hybridized carbons (Fsp3) is 0.667. The van der Waals surface area contributed by atoms with Crippen molar-refractivity contribution in [3.05, 3.63) is 18.0 Å². The van der Waals surface area contributed by atoms with Gasteiger partial charge in [0.2, 0.25) is 0 Å². The van der Waals surface area contributed by atoms with Gasteiger partial charge >= 0.3 is 0 Å². The van der Waals surface area contributed by atoms with Crippen molar-refractivity contribution < 1.29 is 9.90 Å². The van der Waals surface area contributed by atoms with Crippen LogP contribution >= 0.6 is 0 Å². The molecule has 1 aromatic rings. The van der Waals surface area contributed by atoms with Gasteiger partial charge in [-0.05, 0) is 13.8 Å². The maximum atomic E-state index is 12.2. The van der Waals surface area contributed by atoms with Crippen LogP contribution in [0.25, 0.3) is 0 Å². The first-order valence-corrected chi connectivity index (χ1v) is 5.98. The van der Waals surface area contributed by atoms with E-state index in [4.69, 9.17) is 0 Å². The molecule has 2 rings (SSSR count). The summed E-state index contributed by atoms with van der Waals surface area (Å²) in [6.45, 7) is 7.46. The number of aryl methyl sites for hydroxylation is 1. The highest BCUT2D eigenvalue weighted by molar-refractivity contribution is 5.94. The van der Waals surface area contributed by atoms with Crippen molar-refractivity contribution >= 4 is 5.91 Å². The number of hydrogen-bond donors (Lipinski definition) is 1. The van der Waals surface area contributed by atoms with Crippen molar-refractivity contribution in [3.63, 3.8) is 0 Å². The van der Waals surface area contributed by atoms with Crippen molar-refractivity contribution in [1.29, 1.82) is 0 Å². The molecule has 0 unspecified atom stereocenters. The van der Waals surface area contributed by atoms with Crippen LogP contribution in [0.2, 0.25) is 0 Å². The number of carbonyl (C=O) groups excluding carboxylic acids is 1. The minimum absolute atomic E-state index is 0.0469. The van der Waals surface area contributed by atoms with Crippen LogP contribution < -0.4 is 0 Å². The third kappa shape index (κ3) is 2.20. The molecule has 0 aromatic carbocycles. The van der Waals surface area contributed by atoms with Gasteiger partial charge in [0.1, 0.15) is 0 Å². The molecular weight excluding hydrogens is 218 g/mol. The van der Waals surface area contributed by atoms with E-state index in [1.807, 2.05) is 13.8 Å². The largest absolute Gasteiger partial charge is 0.388 e. The first-order chi connectivity index (χ1) is 7.94. The minimum atomic E-state index is -0.781. The molecule has 0 saturated carbocycles. The molecule has 17 heavy (non-hydrogen) atoms. The van der Waals surface area contributed by atoms with Gasteiger partial charge in [-0.15, -0.1) is 0 Å². The monoisotopic (exact) mass is 237 g/mol. The number of likely N-dealkylation sites (tertiary alicyclic amines) is 1. The Morgan fingerprint density at radius 2 is 2.41 bits per heavy atom. The van der Waals surface area contributed by atoms with Gasteiger partial charge in [0.15, 0.2) is 0 Å². The highest BCUT2D eigenvalue weighted by atomic mass is 16.3. The van der Waals surface area contributed by atoms with Gasteiger partial charge < -0.3 is 10.0 Å². The number of carbonyl (C=O) groups is 1. The van der Waals surface area contributed by atoms with E-state index in [0.717, 1.165) is 6.54 Å². The summed E-state index contributed by atoms with van der Waals surface area (Å²) in [6.07, 6.45) is 3.34. The average Bonchev–Trinajstić information content (AvgIpc) is 2.83. The molecule has 5 heteroatoms. The Kier molecular flexibility index (Phi) is 2.95. The summed E-state index contributed by atoms with van der Waals surface area (Å²) < 4.78 is 1.73.